The quantitative estimate of drug-likeness (QED) is 0.766. The van der Waals surface area contributed by atoms with Crippen LogP contribution in [0.15, 0.2) is 0 Å². The van der Waals surface area contributed by atoms with Crippen molar-refractivity contribution in [2.75, 3.05) is 33.2 Å². The molecule has 0 aromatic heterocycles. The van der Waals surface area contributed by atoms with Gasteiger partial charge in [-0.05, 0) is 37.8 Å². The zero-order valence-corrected chi connectivity index (χ0v) is 12.6. The first-order valence-electron chi connectivity index (χ1n) is 7.28. The van der Waals surface area contributed by atoms with Crippen LogP contribution in [0.25, 0.3) is 0 Å². The lowest BCUT2D eigenvalue weighted by Crippen LogP contribution is -2.33. The van der Waals surface area contributed by atoms with Crippen molar-refractivity contribution in [3.63, 3.8) is 0 Å². The third kappa shape index (κ3) is 6.07. The molecule has 0 saturated carbocycles. The molecule has 1 aliphatic rings. The summed E-state index contributed by atoms with van der Waals surface area (Å²) >= 11 is 0. The second kappa shape index (κ2) is 7.49. The summed E-state index contributed by atoms with van der Waals surface area (Å²) < 4.78 is 0. The molecule has 0 N–H and O–H groups in total. The lowest BCUT2D eigenvalue weighted by atomic mass is 9.85. The Kier molecular flexibility index (Phi) is 6.30. The van der Waals surface area contributed by atoms with Gasteiger partial charge in [-0.3, -0.25) is 4.79 Å². The molecule has 1 rings (SSSR count). The van der Waals surface area contributed by atoms with Crippen molar-refractivity contribution in [2.24, 2.45) is 5.41 Å². The molecule has 4 nitrogen and oxygen atoms in total. The van der Waals surface area contributed by atoms with E-state index in [1.807, 2.05) is 0 Å². The van der Waals surface area contributed by atoms with Gasteiger partial charge in [0.1, 0.15) is 0 Å². The lowest BCUT2D eigenvalue weighted by Gasteiger charge is -2.24. The van der Waals surface area contributed by atoms with Crippen molar-refractivity contribution in [1.29, 1.82) is 5.26 Å². The summed E-state index contributed by atoms with van der Waals surface area (Å²) in [6.45, 7) is 8.27. The normalized spacial score (nSPS) is 19.5. The Hall–Kier alpha value is -1.08. The van der Waals surface area contributed by atoms with Gasteiger partial charge in [0.25, 0.3) is 0 Å². The molecule has 19 heavy (non-hydrogen) atoms. The molecule has 1 saturated heterocycles. The van der Waals surface area contributed by atoms with E-state index >= 15 is 0 Å². The Morgan fingerprint density at radius 3 is 2.79 bits per heavy atom. The van der Waals surface area contributed by atoms with Gasteiger partial charge in [0.15, 0.2) is 0 Å². The van der Waals surface area contributed by atoms with E-state index in [0.717, 1.165) is 19.6 Å². The molecular formula is C15H27N3O. The molecule has 0 aromatic carbocycles. The summed E-state index contributed by atoms with van der Waals surface area (Å²) in [7, 11) is 1.78. The average Bonchev–Trinajstić information content (AvgIpc) is 2.54. The fourth-order valence-corrected chi connectivity index (χ4v) is 2.49. The van der Waals surface area contributed by atoms with Crippen LogP contribution in [0.5, 0.6) is 0 Å². The maximum Gasteiger partial charge on any atom is 0.223 e. The molecule has 0 unspecified atom stereocenters. The van der Waals surface area contributed by atoms with Gasteiger partial charge in [-0.2, -0.15) is 5.26 Å². The van der Waals surface area contributed by atoms with E-state index < -0.39 is 0 Å². The molecular weight excluding hydrogens is 238 g/mol. The number of nitriles is 1. The van der Waals surface area contributed by atoms with Gasteiger partial charge < -0.3 is 9.80 Å². The lowest BCUT2D eigenvalue weighted by molar-refractivity contribution is -0.130. The van der Waals surface area contributed by atoms with Crippen LogP contribution < -0.4 is 0 Å². The first kappa shape index (κ1) is 16.0. The molecule has 4 heteroatoms. The van der Waals surface area contributed by atoms with E-state index in [1.54, 1.807) is 11.9 Å². The molecule has 0 aliphatic carbocycles. The third-order valence-electron chi connectivity index (χ3n) is 4.06. The van der Waals surface area contributed by atoms with E-state index in [9.17, 15) is 4.79 Å². The number of carbonyl (C=O) groups excluding carboxylic acids is 1. The molecule has 0 bridgehead atoms. The molecule has 108 valence electrons. The first-order valence-corrected chi connectivity index (χ1v) is 7.28. The maximum absolute atomic E-state index is 11.9. The Morgan fingerprint density at radius 1 is 1.37 bits per heavy atom. The zero-order valence-electron chi connectivity index (χ0n) is 12.6. The van der Waals surface area contributed by atoms with Crippen LogP contribution in [0, 0.1) is 16.7 Å². The van der Waals surface area contributed by atoms with Crippen LogP contribution in [-0.2, 0) is 4.79 Å². The van der Waals surface area contributed by atoms with E-state index in [1.165, 1.54) is 19.3 Å². The Balaban J connectivity index is 2.28. The van der Waals surface area contributed by atoms with Gasteiger partial charge in [-0.15, -0.1) is 0 Å². The van der Waals surface area contributed by atoms with E-state index in [2.05, 4.69) is 24.8 Å². The van der Waals surface area contributed by atoms with Gasteiger partial charge in [0, 0.05) is 26.6 Å². The van der Waals surface area contributed by atoms with Gasteiger partial charge in [0.2, 0.25) is 5.91 Å². The molecule has 1 aliphatic heterocycles. The maximum atomic E-state index is 11.9. The highest BCUT2D eigenvalue weighted by Gasteiger charge is 2.23. The second-order valence-corrected chi connectivity index (χ2v) is 6.33. The topological polar surface area (TPSA) is 47.3 Å². The smallest absolute Gasteiger partial charge is 0.223 e. The van der Waals surface area contributed by atoms with Crippen LogP contribution in [0.2, 0.25) is 0 Å². The zero-order chi connectivity index (χ0) is 14.3. The van der Waals surface area contributed by atoms with Crippen LogP contribution in [-0.4, -0.2) is 48.9 Å². The number of hydrogen-bond acceptors (Lipinski definition) is 3. The van der Waals surface area contributed by atoms with Crippen molar-refractivity contribution in [3.8, 4) is 6.07 Å². The minimum absolute atomic E-state index is 0.152. The van der Waals surface area contributed by atoms with E-state index in [-0.39, 0.29) is 5.91 Å². The average molecular weight is 265 g/mol. The van der Waals surface area contributed by atoms with E-state index in [4.69, 9.17) is 5.26 Å². The summed E-state index contributed by atoms with van der Waals surface area (Å²) in [5.74, 6) is 0.152. The Labute approximate surface area is 117 Å². The SMILES string of the molecule is CN(CCC#N)C(=O)CCN1CCCC(C)(C)CC1. The predicted octanol–water partition coefficient (Wildman–Crippen LogP) is 2.26. The number of nitrogens with zero attached hydrogens (tertiary/aromatic N) is 3. The predicted molar refractivity (Wildman–Crippen MR) is 76.6 cm³/mol. The summed E-state index contributed by atoms with van der Waals surface area (Å²) in [4.78, 5) is 16.0. The molecule has 0 radical (unpaired) electrons. The number of rotatable bonds is 5. The summed E-state index contributed by atoms with van der Waals surface area (Å²) in [6, 6.07) is 2.07. The standard InChI is InChI=1S/C15H27N3O/c1-15(2)7-4-11-18(13-8-15)12-6-14(19)17(3)10-5-9-16/h4-8,10-13H2,1-3H3. The summed E-state index contributed by atoms with van der Waals surface area (Å²) in [5, 5.41) is 8.51. The minimum atomic E-state index is 0.152. The molecule has 0 atom stereocenters. The molecule has 1 heterocycles. The fourth-order valence-electron chi connectivity index (χ4n) is 2.49. The highest BCUT2D eigenvalue weighted by molar-refractivity contribution is 5.76. The molecule has 1 amide bonds. The van der Waals surface area contributed by atoms with Crippen molar-refractivity contribution < 1.29 is 4.79 Å². The van der Waals surface area contributed by atoms with Crippen LogP contribution in [0.1, 0.15) is 46.0 Å². The first-order chi connectivity index (χ1) is 8.94. The van der Waals surface area contributed by atoms with Gasteiger partial charge in [-0.25, -0.2) is 0 Å². The second-order valence-electron chi connectivity index (χ2n) is 6.33. The minimum Gasteiger partial charge on any atom is -0.345 e. The van der Waals surface area contributed by atoms with E-state index in [0.29, 0.717) is 24.8 Å². The Bertz CT molecular complexity index is 333. The van der Waals surface area contributed by atoms with Gasteiger partial charge in [0.05, 0.1) is 12.5 Å². The summed E-state index contributed by atoms with van der Waals surface area (Å²) in [6.07, 6.45) is 4.71. The largest absolute Gasteiger partial charge is 0.345 e. The Morgan fingerprint density at radius 2 is 2.11 bits per heavy atom. The number of carbonyl (C=O) groups is 1. The summed E-state index contributed by atoms with van der Waals surface area (Å²) in [5.41, 5.74) is 0.447. The van der Waals surface area contributed by atoms with Gasteiger partial charge in [-0.1, -0.05) is 13.8 Å². The van der Waals surface area contributed by atoms with Crippen LogP contribution in [0.4, 0.5) is 0 Å². The van der Waals surface area contributed by atoms with Crippen LogP contribution >= 0.6 is 0 Å². The number of hydrogen-bond donors (Lipinski definition) is 0. The highest BCUT2D eigenvalue weighted by atomic mass is 16.2. The fraction of sp³-hybridized carbons (Fsp3) is 0.867. The number of amides is 1. The van der Waals surface area contributed by atoms with Crippen molar-refractivity contribution >= 4 is 5.91 Å². The van der Waals surface area contributed by atoms with Crippen molar-refractivity contribution in [2.45, 2.75) is 46.0 Å². The molecule has 0 spiro atoms. The highest BCUT2D eigenvalue weighted by Crippen LogP contribution is 2.29. The van der Waals surface area contributed by atoms with Crippen molar-refractivity contribution in [1.82, 2.24) is 9.80 Å². The molecule has 0 aromatic rings. The number of likely N-dealkylation sites (tertiary alicyclic amines) is 1. The third-order valence-corrected chi connectivity index (χ3v) is 4.06. The van der Waals surface area contributed by atoms with Crippen molar-refractivity contribution in [3.05, 3.63) is 0 Å². The molecule has 1 fully saturated rings. The monoisotopic (exact) mass is 265 g/mol. The van der Waals surface area contributed by atoms with Gasteiger partial charge >= 0.3 is 0 Å². The van der Waals surface area contributed by atoms with Crippen LogP contribution in [0.3, 0.4) is 0 Å².